The van der Waals surface area contributed by atoms with Gasteiger partial charge < -0.3 is 52.0 Å². The van der Waals surface area contributed by atoms with Crippen LogP contribution in [0.15, 0.2) is 232 Å². The number of likely N-dealkylation sites (tertiary alicyclic amines) is 4. The van der Waals surface area contributed by atoms with E-state index in [0.717, 1.165) is 136 Å². The van der Waals surface area contributed by atoms with Crippen molar-refractivity contribution >= 4 is 135 Å². The Balaban J connectivity index is 0.000000163. The lowest BCUT2D eigenvalue weighted by Crippen LogP contribution is -2.30. The molecule has 0 bridgehead atoms. The van der Waals surface area contributed by atoms with E-state index in [2.05, 4.69) is 124 Å². The highest BCUT2D eigenvalue weighted by Gasteiger charge is 2.39. The molecule has 0 radical (unpaired) electrons. The molecule has 8 N–H and O–H groups in total. The molecule has 0 saturated carbocycles. The number of anilines is 4. The number of ketones is 2. The number of rotatable bonds is 16. The second kappa shape index (κ2) is 47.0. The first-order chi connectivity index (χ1) is 69.1. The van der Waals surface area contributed by atoms with Gasteiger partial charge in [0.1, 0.15) is 120 Å². The number of amides is 4. The molecule has 20 rings (SSSR count). The number of hydrogen-bond donors (Lipinski definition) is 4. The van der Waals surface area contributed by atoms with Gasteiger partial charge in [0.05, 0.1) is 24.2 Å². The number of benzene rings is 5. The Kier molecular flexibility index (Phi) is 34.5. The Hall–Kier alpha value is -16.3. The molecule has 147 heavy (non-hydrogen) atoms. The van der Waals surface area contributed by atoms with Crippen LogP contribution in [0, 0.1) is 54.3 Å². The Morgan fingerprint density at radius 2 is 0.660 bits per heavy atom. The van der Waals surface area contributed by atoms with Crippen molar-refractivity contribution in [3.8, 4) is 116 Å². The average Bonchev–Trinajstić information content (AvgIpc) is 1.60. The highest BCUT2D eigenvalue weighted by Crippen LogP contribution is 2.44. The monoisotopic (exact) mass is 2040 g/mol. The zero-order valence-electron chi connectivity index (χ0n) is 83.3. The molecule has 4 saturated heterocycles. The number of hydrogen-bond acceptors (Lipinski definition) is 23. The van der Waals surface area contributed by atoms with Crippen molar-refractivity contribution < 1.29 is 38.2 Å². The molecular formula is C112H115N23O8S4. The number of imidazole rings is 4. The van der Waals surface area contributed by atoms with Gasteiger partial charge in [-0.3, -0.25) is 56.3 Å². The second-order valence-electron chi connectivity index (χ2n) is 36.9. The maximum atomic E-state index is 13.4. The van der Waals surface area contributed by atoms with Crippen molar-refractivity contribution in [3.63, 3.8) is 0 Å². The number of nitrogens with zero attached hydrogens (tertiary/aromatic N) is 19. The molecule has 0 aliphatic carbocycles. The smallest absolute Gasteiger partial charge is 0.299 e. The lowest BCUT2D eigenvalue weighted by Gasteiger charge is -2.21. The third-order valence-electron chi connectivity index (χ3n) is 25.6. The summed E-state index contributed by atoms with van der Waals surface area (Å²) in [6.45, 7) is 23.8. The fraction of sp³-hybridized carbons (Fsp3) is 0.259. The van der Waals surface area contributed by atoms with Crippen LogP contribution in [0.3, 0.4) is 0 Å². The van der Waals surface area contributed by atoms with Crippen molar-refractivity contribution in [1.29, 1.82) is 0 Å². The molecule has 0 unspecified atom stereocenters. The summed E-state index contributed by atoms with van der Waals surface area (Å²) in [5.74, 6) is 27.5. The fourth-order valence-corrected chi connectivity index (χ4v) is 18.6. The molecule has 4 fully saturated rings. The molecule has 0 spiro atoms. The largest absolute Gasteiger partial charge is 0.457 e. The third kappa shape index (κ3) is 23.1. The normalized spacial score (nSPS) is 14.9. The van der Waals surface area contributed by atoms with E-state index >= 15 is 0 Å². The highest BCUT2D eigenvalue weighted by molar-refractivity contribution is 7.59. The lowest BCUT2D eigenvalue weighted by atomic mass is 9.86. The molecule has 4 amide bonds. The molecular weight excluding hydrogens is 1920 g/mol. The van der Waals surface area contributed by atoms with Crippen LogP contribution in [0.4, 0.5) is 23.3 Å². The summed E-state index contributed by atoms with van der Waals surface area (Å²) < 4.78 is 19.4. The van der Waals surface area contributed by atoms with Gasteiger partial charge in [-0.05, 0) is 234 Å². The maximum absolute atomic E-state index is 13.4. The molecule has 750 valence electrons. The van der Waals surface area contributed by atoms with Gasteiger partial charge in [-0.1, -0.05) is 126 Å². The molecule has 15 heterocycles. The summed E-state index contributed by atoms with van der Waals surface area (Å²) in [6, 6.07) is 50.2. The standard InChI is InChI=1S/C31H32N6O2.C30H30N6O2.C26H23N5O2.C25H22N6O2.4H2S/c1-6-8-25(38)36-15-7-9-24(36)30-35-26(27-29(32)34-14-16-37(27)30)20-10-11-22(19(2)17-20)28(39)23-18-21(12-13-33-23)31(3,4)5;1-5-7-24(37)35-16-6-8-23(35)29-34-25(26-28(31)33-15-17-36(26)29)19-9-11-20(12-10-19)27(38)22-18-21(13-14-32-22)30(2,3)4;1-2-7-22(32)30-16-6-10-21(30)26-29-23(24-25(27)28-15-17-31(24)26)18-11-13-20(14-12-18)33-19-8-4-3-5-9-19;1-2-6-21(32)30-15-5-7-19(30)25-29-22(23-24(26)28-14-16-31(23)25)17-9-11-18(12-10-17)33-20-8-3-4-13-27-20;;;;/h10-14,16-18,24H,7,9,15H2,1-5H3,(H2,32,34);9-15,17-18,23H,6,8,16H2,1-4H3,(H2,31,33);3-5,8-9,11-15,17,21H,6,10,16H2,1H3,(H2,27,28);3-4,8-14,16,19H,5,7,15H2,1H3,(H2,26,28);4*1H2/t24-;23-;21-;19-;;;;/m0000..../s1. The number of carbonyl (C=O) groups is 6. The van der Waals surface area contributed by atoms with Gasteiger partial charge in [-0.15, -0.1) is 0 Å². The quantitative estimate of drug-likeness (QED) is 0.0515. The van der Waals surface area contributed by atoms with Crippen molar-refractivity contribution in [3.05, 3.63) is 294 Å². The number of para-hydroxylation sites is 1. The first kappa shape index (κ1) is 108. The van der Waals surface area contributed by atoms with Gasteiger partial charge >= 0.3 is 0 Å². The van der Waals surface area contributed by atoms with Gasteiger partial charge in [0.2, 0.25) is 17.4 Å². The molecule has 35 heteroatoms. The molecule has 31 nitrogen and oxygen atoms in total. The number of fused-ring (bicyclic) bond motifs is 4. The SMILES string of the molecule is CC#CC(=O)N1CCC[C@H]1c1nc(-c2ccc(C(=O)c3cc(C(C)(C)C)ccn3)c(C)c2)c2c(N)nccn12.CC#CC(=O)N1CCC[C@H]1c1nc(-c2ccc(C(=O)c3cc(C(C)(C)C)ccn3)cc2)c2c(N)nccn12.CC#CC(=O)N1CCC[C@H]1c1nc(-c2ccc(Oc3ccccc3)cc2)c2c(N)nccn12.CC#CC(=O)N1CCC[C@H]1c1nc(-c2ccc(Oc3ccccn3)cc2)c2c(N)nccn12.S.S.S.S. The first-order valence-electron chi connectivity index (χ1n) is 47.3. The zero-order chi connectivity index (χ0) is 100. The minimum Gasteiger partial charge on any atom is -0.457 e. The van der Waals surface area contributed by atoms with Crippen molar-refractivity contribution in [2.45, 2.75) is 163 Å². The summed E-state index contributed by atoms with van der Waals surface area (Å²) in [4.78, 5) is 134. The minimum atomic E-state index is -0.218. The Bertz CT molecular complexity index is 7660. The van der Waals surface area contributed by atoms with Crippen LogP contribution < -0.4 is 32.4 Å². The molecule has 5 aromatic carbocycles. The van der Waals surface area contributed by atoms with E-state index in [1.807, 2.05) is 195 Å². The Morgan fingerprint density at radius 3 is 0.993 bits per heavy atom. The van der Waals surface area contributed by atoms with Crippen LogP contribution in [0.5, 0.6) is 23.1 Å². The van der Waals surface area contributed by atoms with Crippen LogP contribution in [0.2, 0.25) is 0 Å². The summed E-state index contributed by atoms with van der Waals surface area (Å²) >= 11 is 0. The van der Waals surface area contributed by atoms with E-state index < -0.39 is 0 Å². The highest BCUT2D eigenvalue weighted by atomic mass is 32.1. The molecule has 11 aromatic heterocycles. The summed E-state index contributed by atoms with van der Waals surface area (Å²) in [5.41, 5.74) is 38.8. The predicted molar refractivity (Wildman–Crippen MR) is 590 cm³/mol. The lowest BCUT2D eigenvalue weighted by molar-refractivity contribution is -0.126. The third-order valence-corrected chi connectivity index (χ3v) is 25.6. The van der Waals surface area contributed by atoms with E-state index in [0.29, 0.717) is 117 Å². The van der Waals surface area contributed by atoms with Crippen LogP contribution in [0.25, 0.3) is 67.1 Å². The first-order valence-corrected chi connectivity index (χ1v) is 47.3. The number of pyridine rings is 3. The van der Waals surface area contributed by atoms with Crippen LogP contribution in [0.1, 0.15) is 217 Å². The van der Waals surface area contributed by atoms with Crippen LogP contribution in [-0.4, -0.2) is 153 Å². The van der Waals surface area contributed by atoms with Crippen LogP contribution in [-0.2, 0) is 30.0 Å². The predicted octanol–water partition coefficient (Wildman–Crippen LogP) is 18.2. The molecule has 4 atom stereocenters. The van der Waals surface area contributed by atoms with E-state index in [1.54, 1.807) is 109 Å². The van der Waals surface area contributed by atoms with Crippen molar-refractivity contribution in [1.82, 2.24) is 92.0 Å². The van der Waals surface area contributed by atoms with Gasteiger partial charge in [-0.25, -0.2) is 44.9 Å². The summed E-state index contributed by atoms with van der Waals surface area (Å²) in [5, 5.41) is 0. The van der Waals surface area contributed by atoms with E-state index in [1.165, 1.54) is 0 Å². The maximum Gasteiger partial charge on any atom is 0.299 e. The van der Waals surface area contributed by atoms with Gasteiger partial charge in [0.25, 0.3) is 23.6 Å². The average molecular weight is 2040 g/mol. The van der Waals surface area contributed by atoms with E-state index in [9.17, 15) is 28.8 Å². The van der Waals surface area contributed by atoms with E-state index in [-0.39, 0.29) is 124 Å². The Labute approximate surface area is 880 Å². The van der Waals surface area contributed by atoms with Gasteiger partial charge in [0.15, 0.2) is 0 Å². The molecule has 4 aliphatic heterocycles. The number of aromatic nitrogens is 15. The summed E-state index contributed by atoms with van der Waals surface area (Å²) in [6.07, 6.45) is 25.7. The number of ether oxygens (including phenoxy) is 2. The summed E-state index contributed by atoms with van der Waals surface area (Å²) in [7, 11) is 0. The van der Waals surface area contributed by atoms with E-state index in [4.69, 9.17) is 52.3 Å². The number of nitrogen functional groups attached to an aromatic ring is 4. The van der Waals surface area contributed by atoms with Crippen LogP contribution >= 0.6 is 54.0 Å². The fourth-order valence-electron chi connectivity index (χ4n) is 18.6. The van der Waals surface area contributed by atoms with Crippen molar-refractivity contribution in [2.24, 2.45) is 0 Å². The number of nitrogens with two attached hydrogens (primary N) is 4. The van der Waals surface area contributed by atoms with Gasteiger partial charge in [0, 0.05) is 134 Å². The zero-order valence-corrected chi connectivity index (χ0v) is 87.3. The second-order valence-corrected chi connectivity index (χ2v) is 36.9. The molecule has 16 aromatic rings. The van der Waals surface area contributed by atoms with Gasteiger partial charge in [-0.2, -0.15) is 54.0 Å². The van der Waals surface area contributed by atoms with Crippen molar-refractivity contribution in [2.75, 3.05) is 49.1 Å². The Morgan fingerprint density at radius 1 is 0.340 bits per heavy atom. The topological polar surface area (TPSA) is 397 Å². The minimum absolute atomic E-state index is 0. The molecule has 4 aliphatic rings. The number of aryl methyl sites for hydroxylation is 1. The number of carbonyl (C=O) groups excluding carboxylic acids is 6.